The van der Waals surface area contributed by atoms with Crippen LogP contribution in [0, 0.1) is 5.82 Å². The van der Waals surface area contributed by atoms with Crippen LogP contribution in [0.2, 0.25) is 0 Å². The summed E-state index contributed by atoms with van der Waals surface area (Å²) in [5.74, 6) is 0.0920. The van der Waals surface area contributed by atoms with E-state index < -0.39 is 29.7 Å². The number of ether oxygens (including phenoxy) is 1. The van der Waals surface area contributed by atoms with E-state index in [0.29, 0.717) is 13.1 Å². The number of fused-ring (bicyclic) bond motifs is 2. The van der Waals surface area contributed by atoms with Crippen LogP contribution in [0.4, 0.5) is 21.7 Å². The first kappa shape index (κ1) is 40.8. The van der Waals surface area contributed by atoms with Gasteiger partial charge in [0, 0.05) is 64.5 Å². The summed E-state index contributed by atoms with van der Waals surface area (Å²) in [6, 6.07) is 29.0. The van der Waals surface area contributed by atoms with Gasteiger partial charge in [-0.2, -0.15) is 0 Å². The van der Waals surface area contributed by atoms with Crippen LogP contribution in [0.5, 0.6) is 5.75 Å². The van der Waals surface area contributed by atoms with E-state index in [1.807, 2.05) is 77.4 Å². The second kappa shape index (κ2) is 17.2. The number of amides is 4. The third kappa shape index (κ3) is 7.89. The molecular formula is C48H47FN10O5. The minimum absolute atomic E-state index is 0.0425. The number of hydrogen-bond acceptors (Lipinski definition) is 12. The van der Waals surface area contributed by atoms with E-state index in [1.165, 1.54) is 6.07 Å². The normalized spacial score (nSPS) is 19.1. The smallest absolute Gasteiger partial charge is 0.262 e. The third-order valence-electron chi connectivity index (χ3n) is 12.8. The van der Waals surface area contributed by atoms with Gasteiger partial charge in [0.15, 0.2) is 5.65 Å². The molecule has 6 aromatic rings. The standard InChI is InChI=1S/C48H47FN10O5/c1-64-35-13-10-31(11-14-35)30-56(34-12-15-36-37(28-34)48(63)58(47(36)62)40-16-19-45(60)52-46(40)61)26-23-54-21-24-55(25-22-54)43-9-3-7-38(51-43)41-29-50-42-17-18-44(53-59(41)42)57-20-4-8-39(57)32-5-2-6-33(49)27-32/h2-3,5-7,9-15,17-18,27-29,39-40H,4,8,16,19-26,30H2,1H3,(H,52,60,61)/t39-,40?/m1/s1. The fourth-order valence-electron chi connectivity index (χ4n) is 9.40. The molecule has 4 amide bonds. The summed E-state index contributed by atoms with van der Waals surface area (Å²) in [7, 11) is 1.63. The van der Waals surface area contributed by atoms with Crippen molar-refractivity contribution in [3.05, 3.63) is 131 Å². The van der Waals surface area contributed by atoms with E-state index in [4.69, 9.17) is 14.8 Å². The maximum Gasteiger partial charge on any atom is 0.262 e. The van der Waals surface area contributed by atoms with Crippen molar-refractivity contribution < 1.29 is 28.3 Å². The van der Waals surface area contributed by atoms with E-state index in [-0.39, 0.29) is 35.8 Å². The second-order valence-electron chi connectivity index (χ2n) is 16.7. The molecule has 10 rings (SSSR count). The number of rotatable bonds is 12. The zero-order chi connectivity index (χ0) is 43.9. The number of pyridine rings is 1. The van der Waals surface area contributed by atoms with Gasteiger partial charge in [0.25, 0.3) is 11.8 Å². The predicted octanol–water partition coefficient (Wildman–Crippen LogP) is 5.51. The van der Waals surface area contributed by atoms with Gasteiger partial charge < -0.3 is 19.4 Å². The first-order chi connectivity index (χ1) is 31.2. The largest absolute Gasteiger partial charge is 0.497 e. The second-order valence-corrected chi connectivity index (χ2v) is 16.7. The number of piperidine rings is 1. The summed E-state index contributed by atoms with van der Waals surface area (Å²) in [6.07, 6.45) is 3.89. The lowest BCUT2D eigenvalue weighted by atomic mass is 10.0. The SMILES string of the molecule is COc1ccc(CN(CCN2CCN(c3cccc(-c4cnc5ccc(N6CCC[C@@H]6c6cccc(F)c6)nn45)n3)CC2)c2ccc3c(c2)C(=O)N(C2CCC(=O)NC2=O)C3=O)cc1. The molecule has 64 heavy (non-hydrogen) atoms. The third-order valence-corrected chi connectivity index (χ3v) is 12.8. The van der Waals surface area contributed by atoms with Gasteiger partial charge in [-0.25, -0.2) is 18.9 Å². The maximum atomic E-state index is 14.2. The Bertz CT molecular complexity index is 2770. The van der Waals surface area contributed by atoms with Gasteiger partial charge in [-0.1, -0.05) is 30.3 Å². The number of imidazole rings is 1. The zero-order valence-electron chi connectivity index (χ0n) is 35.4. The molecular weight excluding hydrogens is 816 g/mol. The van der Waals surface area contributed by atoms with Crippen molar-refractivity contribution in [1.82, 2.24) is 34.7 Å². The van der Waals surface area contributed by atoms with Crippen molar-refractivity contribution in [3.8, 4) is 17.1 Å². The number of imide groups is 2. The highest BCUT2D eigenvalue weighted by Gasteiger charge is 2.45. The van der Waals surface area contributed by atoms with Crippen molar-refractivity contribution in [3.63, 3.8) is 0 Å². The summed E-state index contributed by atoms with van der Waals surface area (Å²) in [5, 5.41) is 7.31. The Morgan fingerprint density at radius 2 is 1.62 bits per heavy atom. The molecule has 1 N–H and O–H groups in total. The first-order valence-electron chi connectivity index (χ1n) is 21.8. The average Bonchev–Trinajstić information content (AvgIpc) is 4.05. The maximum absolute atomic E-state index is 14.2. The topological polar surface area (TPSA) is 149 Å². The Hall–Kier alpha value is -7.20. The van der Waals surface area contributed by atoms with Crippen LogP contribution in [-0.2, 0) is 16.1 Å². The molecule has 0 spiro atoms. The summed E-state index contributed by atoms with van der Waals surface area (Å²) in [6.45, 7) is 5.92. The number of aromatic nitrogens is 4. The molecule has 4 aliphatic heterocycles. The minimum atomic E-state index is -1.03. The molecule has 3 aromatic carbocycles. The van der Waals surface area contributed by atoms with Crippen molar-refractivity contribution in [2.24, 2.45) is 0 Å². The van der Waals surface area contributed by atoms with E-state index in [0.717, 1.165) is 108 Å². The Morgan fingerprint density at radius 3 is 2.42 bits per heavy atom. The molecule has 0 saturated carbocycles. The summed E-state index contributed by atoms with van der Waals surface area (Å²) >= 11 is 0. The van der Waals surface area contributed by atoms with Crippen LogP contribution in [0.25, 0.3) is 17.0 Å². The number of benzene rings is 3. The Balaban J connectivity index is 0.824. The van der Waals surface area contributed by atoms with Gasteiger partial charge in [0.05, 0.1) is 36.2 Å². The van der Waals surface area contributed by atoms with Crippen molar-refractivity contribution in [2.75, 3.05) is 67.6 Å². The number of halogens is 1. The number of hydrogen-bond donors (Lipinski definition) is 1. The quantitative estimate of drug-likeness (QED) is 0.155. The first-order valence-corrected chi connectivity index (χ1v) is 21.8. The van der Waals surface area contributed by atoms with Crippen LogP contribution >= 0.6 is 0 Å². The van der Waals surface area contributed by atoms with E-state index in [1.54, 1.807) is 31.4 Å². The average molecular weight is 863 g/mol. The van der Waals surface area contributed by atoms with Crippen LogP contribution in [0.15, 0.2) is 103 Å². The molecule has 0 bridgehead atoms. The highest BCUT2D eigenvalue weighted by molar-refractivity contribution is 6.23. The van der Waals surface area contributed by atoms with Crippen LogP contribution in [-0.4, -0.2) is 112 Å². The molecule has 2 atom stereocenters. The molecule has 3 saturated heterocycles. The molecule has 0 aliphatic carbocycles. The predicted molar refractivity (Wildman–Crippen MR) is 238 cm³/mol. The lowest BCUT2D eigenvalue weighted by Crippen LogP contribution is -2.54. The number of carbonyl (C=O) groups excluding carboxylic acids is 4. The highest BCUT2D eigenvalue weighted by atomic mass is 19.1. The summed E-state index contributed by atoms with van der Waals surface area (Å²) in [5.41, 5.74) is 5.54. The van der Waals surface area contributed by atoms with Crippen molar-refractivity contribution in [1.29, 1.82) is 0 Å². The molecule has 4 aliphatic rings. The van der Waals surface area contributed by atoms with Gasteiger partial charge >= 0.3 is 0 Å². The number of anilines is 3. The lowest BCUT2D eigenvalue weighted by molar-refractivity contribution is -0.136. The lowest BCUT2D eigenvalue weighted by Gasteiger charge is -2.37. The van der Waals surface area contributed by atoms with Gasteiger partial charge in [-0.3, -0.25) is 34.3 Å². The van der Waals surface area contributed by atoms with Gasteiger partial charge in [0.1, 0.15) is 34.9 Å². The van der Waals surface area contributed by atoms with Crippen molar-refractivity contribution in [2.45, 2.75) is 44.3 Å². The van der Waals surface area contributed by atoms with Gasteiger partial charge in [-0.15, -0.1) is 5.10 Å². The molecule has 3 aromatic heterocycles. The van der Waals surface area contributed by atoms with Crippen LogP contribution < -0.4 is 24.8 Å². The van der Waals surface area contributed by atoms with Crippen LogP contribution in [0.1, 0.15) is 63.6 Å². The van der Waals surface area contributed by atoms with Crippen molar-refractivity contribution >= 4 is 46.6 Å². The number of piperazine rings is 1. The zero-order valence-corrected chi connectivity index (χ0v) is 35.4. The number of methoxy groups -OCH3 is 1. The molecule has 16 heteroatoms. The number of nitrogens with zero attached hydrogens (tertiary/aromatic N) is 9. The van der Waals surface area contributed by atoms with Gasteiger partial charge in [-0.05, 0) is 97.1 Å². The molecule has 0 radical (unpaired) electrons. The Kier molecular flexibility index (Phi) is 11.0. The van der Waals surface area contributed by atoms with Crippen LogP contribution in [0.3, 0.4) is 0 Å². The minimum Gasteiger partial charge on any atom is -0.497 e. The molecule has 1 unspecified atom stereocenters. The highest BCUT2D eigenvalue weighted by Crippen LogP contribution is 2.36. The number of nitrogens with one attached hydrogen (secondary N) is 1. The summed E-state index contributed by atoms with van der Waals surface area (Å²) < 4.78 is 21.4. The van der Waals surface area contributed by atoms with Gasteiger partial charge in [0.2, 0.25) is 11.8 Å². The number of carbonyl (C=O) groups is 4. The molecule has 326 valence electrons. The monoisotopic (exact) mass is 862 g/mol. The fraction of sp³-hybridized carbons (Fsp3) is 0.312. The molecule has 15 nitrogen and oxygen atoms in total. The molecule has 3 fully saturated rings. The summed E-state index contributed by atoms with van der Waals surface area (Å²) in [4.78, 5) is 71.6. The fourth-order valence-corrected chi connectivity index (χ4v) is 9.40. The van der Waals surface area contributed by atoms with E-state index in [9.17, 15) is 23.6 Å². The van der Waals surface area contributed by atoms with E-state index in [2.05, 4.69) is 29.9 Å². The Morgan fingerprint density at radius 1 is 0.812 bits per heavy atom. The van der Waals surface area contributed by atoms with E-state index >= 15 is 0 Å². The Labute approximate surface area is 369 Å². The molecule has 7 heterocycles.